The first-order valence-corrected chi connectivity index (χ1v) is 4.50. The average Bonchev–Trinajstić information content (AvgIpc) is 1.89. The van der Waals surface area contributed by atoms with Crippen molar-refractivity contribution in [3.63, 3.8) is 0 Å². The van der Waals surface area contributed by atoms with Gasteiger partial charge in [-0.15, -0.1) is 0 Å². The van der Waals surface area contributed by atoms with E-state index in [2.05, 4.69) is 6.92 Å². The highest BCUT2D eigenvalue weighted by Crippen LogP contribution is 2.04. The van der Waals surface area contributed by atoms with E-state index in [4.69, 9.17) is 0 Å². The minimum Gasteiger partial charge on any atom is -0.291 e. The van der Waals surface area contributed by atoms with Crippen LogP contribution in [-0.4, -0.2) is 17.8 Å². The molecule has 0 aliphatic carbocycles. The summed E-state index contributed by atoms with van der Waals surface area (Å²) in [5.74, 6) is 2.14. The number of carbonyl (C=O) groups excluding carboxylic acids is 1. The summed E-state index contributed by atoms with van der Waals surface area (Å²) in [5.41, 5.74) is 0. The Hall–Kier alpha value is 0.0200. The molecule has 1 nitrogen and oxygen atoms in total. The largest absolute Gasteiger partial charge is 0.291 e. The first-order valence-electron chi connectivity index (χ1n) is 3.34. The predicted molar refractivity (Wildman–Crippen MR) is 42.5 cm³/mol. The van der Waals surface area contributed by atoms with E-state index in [1.807, 2.05) is 18.0 Å². The van der Waals surface area contributed by atoms with Crippen molar-refractivity contribution >= 4 is 18.0 Å². The molecule has 0 amide bonds. The summed E-state index contributed by atoms with van der Waals surface area (Å²) in [6, 6.07) is 0. The van der Waals surface area contributed by atoms with Crippen LogP contribution in [-0.2, 0) is 4.79 Å². The van der Waals surface area contributed by atoms with Crippen molar-refractivity contribution in [2.45, 2.75) is 26.2 Å². The highest BCUT2D eigenvalue weighted by atomic mass is 32.2. The summed E-state index contributed by atoms with van der Waals surface area (Å²) >= 11 is 1.84. The Morgan fingerprint density at radius 1 is 1.44 bits per heavy atom. The fourth-order valence-electron chi connectivity index (χ4n) is 0.462. The number of hydrogen-bond acceptors (Lipinski definition) is 2. The van der Waals surface area contributed by atoms with Gasteiger partial charge in [0.2, 0.25) is 0 Å². The lowest BCUT2D eigenvalue weighted by molar-refractivity contribution is 0.554. The molecule has 2 heteroatoms. The topological polar surface area (TPSA) is 17.1 Å². The Bertz CT molecular complexity index is 63.9. The lowest BCUT2D eigenvalue weighted by Gasteiger charge is -1.93. The van der Waals surface area contributed by atoms with Gasteiger partial charge in [-0.1, -0.05) is 13.3 Å². The molecule has 0 saturated heterocycles. The average molecular weight is 145 g/mol. The van der Waals surface area contributed by atoms with Crippen LogP contribution in [0.25, 0.3) is 0 Å². The molecule has 0 saturated carbocycles. The van der Waals surface area contributed by atoms with Crippen molar-refractivity contribution in [1.82, 2.24) is 0 Å². The summed E-state index contributed by atoms with van der Waals surface area (Å²) in [4.78, 5) is 9.70. The van der Waals surface area contributed by atoms with Crippen molar-refractivity contribution in [1.29, 1.82) is 0 Å². The summed E-state index contributed by atoms with van der Waals surface area (Å²) in [5, 5.41) is 0. The second-order valence-corrected chi connectivity index (χ2v) is 3.09. The summed E-state index contributed by atoms with van der Waals surface area (Å²) < 4.78 is 0. The third-order valence-corrected chi connectivity index (χ3v) is 2.06. The van der Waals surface area contributed by atoms with Gasteiger partial charge in [-0.05, 0) is 12.2 Å². The van der Waals surface area contributed by atoms with Crippen molar-refractivity contribution in [2.75, 3.05) is 11.5 Å². The van der Waals surface area contributed by atoms with Crippen LogP contribution >= 0.6 is 11.8 Å². The molecule has 0 aromatic heterocycles. The zero-order valence-electron chi connectivity index (χ0n) is 5.85. The van der Waals surface area contributed by atoms with Gasteiger partial charge in [0.25, 0.3) is 0 Å². The van der Waals surface area contributed by atoms with Crippen LogP contribution < -0.4 is 0 Å². The maximum Gasteiger partial charge on any atom is 0.199 e. The lowest BCUT2D eigenvalue weighted by atomic mass is 10.4. The van der Waals surface area contributed by atoms with E-state index in [1.54, 1.807) is 0 Å². The number of unbranched alkanes of at least 4 members (excludes halogenated alkanes) is 1. The smallest absolute Gasteiger partial charge is 0.199 e. The van der Waals surface area contributed by atoms with E-state index in [9.17, 15) is 4.79 Å². The third kappa shape index (κ3) is 8.02. The van der Waals surface area contributed by atoms with Crippen molar-refractivity contribution in [3.05, 3.63) is 0 Å². The molecule has 0 atom stereocenters. The maximum absolute atomic E-state index is 9.70. The Morgan fingerprint density at radius 2 is 2.22 bits per heavy atom. The quantitative estimate of drug-likeness (QED) is 0.532. The molecule has 0 fully saturated rings. The first-order chi connectivity index (χ1) is 4.41. The van der Waals surface area contributed by atoms with E-state index in [1.165, 1.54) is 18.6 Å². The number of rotatable bonds is 6. The maximum atomic E-state index is 9.70. The molecule has 0 spiro atoms. The van der Waals surface area contributed by atoms with Gasteiger partial charge in [0.05, 0.1) is 0 Å². The molecular weight excluding hydrogens is 132 g/mol. The first kappa shape index (κ1) is 9.02. The summed E-state index contributed by atoms with van der Waals surface area (Å²) in [6.07, 6.45) is 4.98. The standard InChI is InChI=1S/C7H13OS/c1-2-3-6-9-7-4-5-8/h2-4,6-7H2,1H3. The Labute approximate surface area is 61.2 Å². The molecule has 0 heterocycles. The van der Waals surface area contributed by atoms with Gasteiger partial charge in [-0.2, -0.15) is 11.8 Å². The van der Waals surface area contributed by atoms with Gasteiger partial charge >= 0.3 is 0 Å². The second kappa shape index (κ2) is 8.02. The van der Waals surface area contributed by atoms with Gasteiger partial charge in [0, 0.05) is 12.2 Å². The van der Waals surface area contributed by atoms with Crippen LogP contribution in [0.1, 0.15) is 26.2 Å². The van der Waals surface area contributed by atoms with Gasteiger partial charge in [0.15, 0.2) is 6.29 Å². The van der Waals surface area contributed by atoms with Crippen LogP contribution in [0.5, 0.6) is 0 Å². The monoisotopic (exact) mass is 145 g/mol. The zero-order chi connectivity index (χ0) is 6.95. The molecule has 0 aromatic carbocycles. The van der Waals surface area contributed by atoms with Crippen LogP contribution in [0.4, 0.5) is 0 Å². The lowest BCUT2D eigenvalue weighted by Crippen LogP contribution is -1.83. The molecule has 0 unspecified atom stereocenters. The highest BCUT2D eigenvalue weighted by molar-refractivity contribution is 7.99. The minimum atomic E-state index is 0.592. The molecule has 0 aliphatic heterocycles. The molecule has 0 bridgehead atoms. The normalized spacial score (nSPS) is 9.44. The Balaban J connectivity index is 2.66. The molecule has 0 N–H and O–H groups in total. The van der Waals surface area contributed by atoms with Crippen molar-refractivity contribution < 1.29 is 4.79 Å². The van der Waals surface area contributed by atoms with Crippen LogP contribution in [0.15, 0.2) is 0 Å². The fourth-order valence-corrected chi connectivity index (χ4v) is 1.39. The van der Waals surface area contributed by atoms with Crippen LogP contribution in [0, 0.1) is 0 Å². The second-order valence-electron chi connectivity index (χ2n) is 1.86. The van der Waals surface area contributed by atoms with Gasteiger partial charge in [-0.25, -0.2) is 0 Å². The van der Waals surface area contributed by atoms with E-state index in [-0.39, 0.29) is 0 Å². The summed E-state index contributed by atoms with van der Waals surface area (Å²) in [6.45, 7) is 2.17. The predicted octanol–water partition coefficient (Wildman–Crippen LogP) is 2.02. The molecule has 53 valence electrons. The number of hydrogen-bond donors (Lipinski definition) is 0. The van der Waals surface area contributed by atoms with Gasteiger partial charge in [0.1, 0.15) is 0 Å². The number of thioether (sulfide) groups is 1. The van der Waals surface area contributed by atoms with E-state index in [0.717, 1.165) is 5.75 Å². The molecule has 9 heavy (non-hydrogen) atoms. The SMILES string of the molecule is CCCCSCC[C]=O. The van der Waals surface area contributed by atoms with E-state index >= 15 is 0 Å². The third-order valence-electron chi connectivity index (χ3n) is 0.991. The van der Waals surface area contributed by atoms with E-state index in [0.29, 0.717) is 6.42 Å². The van der Waals surface area contributed by atoms with Crippen molar-refractivity contribution in [3.8, 4) is 0 Å². The molecule has 1 radical (unpaired) electrons. The highest BCUT2D eigenvalue weighted by Gasteiger charge is 1.86. The van der Waals surface area contributed by atoms with Gasteiger partial charge in [-0.3, -0.25) is 4.79 Å². The van der Waals surface area contributed by atoms with Gasteiger partial charge < -0.3 is 0 Å². The molecule has 0 rings (SSSR count). The Kier molecular flexibility index (Phi) is 8.04. The van der Waals surface area contributed by atoms with E-state index < -0.39 is 0 Å². The minimum absolute atomic E-state index is 0.592. The molecular formula is C7H13OS. The van der Waals surface area contributed by atoms with Crippen LogP contribution in [0.3, 0.4) is 0 Å². The fraction of sp³-hybridized carbons (Fsp3) is 0.857. The molecule has 0 aromatic rings. The molecule has 0 aliphatic rings. The Morgan fingerprint density at radius 3 is 2.78 bits per heavy atom. The van der Waals surface area contributed by atoms with Crippen molar-refractivity contribution in [2.24, 2.45) is 0 Å². The zero-order valence-corrected chi connectivity index (χ0v) is 6.67. The summed E-state index contributed by atoms with van der Waals surface area (Å²) in [7, 11) is 0. The van der Waals surface area contributed by atoms with Crippen LogP contribution in [0.2, 0.25) is 0 Å².